The van der Waals surface area contributed by atoms with E-state index in [-0.39, 0.29) is 24.1 Å². The number of hydrogen-bond donors (Lipinski definition) is 3. The van der Waals surface area contributed by atoms with Crippen LogP contribution in [-0.4, -0.2) is 40.3 Å². The maximum atomic E-state index is 12.0. The van der Waals surface area contributed by atoms with E-state index in [1.165, 1.54) is 18.5 Å². The Morgan fingerprint density at radius 3 is 2.71 bits per heavy atom. The van der Waals surface area contributed by atoms with Crippen LogP contribution in [0.2, 0.25) is 0 Å². The first-order chi connectivity index (χ1) is 11.3. The Hall–Kier alpha value is -2.41. The maximum absolute atomic E-state index is 12.0. The van der Waals surface area contributed by atoms with Crippen molar-refractivity contribution < 1.29 is 19.4 Å². The lowest BCUT2D eigenvalue weighted by Gasteiger charge is -2.19. The van der Waals surface area contributed by atoms with Crippen molar-refractivity contribution in [1.82, 2.24) is 10.3 Å². The number of anilines is 1. The van der Waals surface area contributed by atoms with Gasteiger partial charge in [0.05, 0.1) is 17.4 Å². The van der Waals surface area contributed by atoms with Crippen molar-refractivity contribution in [3.05, 3.63) is 36.2 Å². The van der Waals surface area contributed by atoms with Crippen molar-refractivity contribution in [2.75, 3.05) is 11.9 Å². The predicted octanol–water partition coefficient (Wildman–Crippen LogP) is 2.10. The van der Waals surface area contributed by atoms with Crippen molar-refractivity contribution >= 4 is 17.7 Å². The highest BCUT2D eigenvalue weighted by Crippen LogP contribution is 2.18. The van der Waals surface area contributed by atoms with Gasteiger partial charge in [-0.25, -0.2) is 9.59 Å². The number of aromatic nitrogens is 1. The number of esters is 1. The Labute approximate surface area is 141 Å². The fraction of sp³-hybridized carbons (Fsp3) is 0.471. The van der Waals surface area contributed by atoms with Gasteiger partial charge in [-0.3, -0.25) is 4.98 Å². The van der Waals surface area contributed by atoms with Gasteiger partial charge in [0.25, 0.3) is 0 Å². The molecule has 0 aromatic carbocycles. The molecule has 2 rings (SSSR count). The third-order valence-corrected chi connectivity index (χ3v) is 3.35. The number of hydrogen-bond acceptors (Lipinski definition) is 5. The summed E-state index contributed by atoms with van der Waals surface area (Å²) in [6.45, 7) is 5.41. The third kappa shape index (κ3) is 5.34. The molecule has 0 bridgehead atoms. The molecule has 24 heavy (non-hydrogen) atoms. The molecule has 0 spiro atoms. The molecular weight excluding hydrogens is 310 g/mol. The van der Waals surface area contributed by atoms with Crippen molar-refractivity contribution in [3.63, 3.8) is 0 Å². The fourth-order valence-corrected chi connectivity index (χ4v) is 2.31. The first-order valence-corrected chi connectivity index (χ1v) is 7.82. The average Bonchev–Trinajstić information content (AvgIpc) is 2.93. The highest BCUT2D eigenvalue weighted by Gasteiger charge is 2.21. The third-order valence-electron chi connectivity index (χ3n) is 3.35. The number of amides is 2. The van der Waals surface area contributed by atoms with Crippen LogP contribution in [0.25, 0.3) is 0 Å². The summed E-state index contributed by atoms with van der Waals surface area (Å²) >= 11 is 0. The molecule has 0 fully saturated rings. The van der Waals surface area contributed by atoms with Gasteiger partial charge in [-0.2, -0.15) is 0 Å². The summed E-state index contributed by atoms with van der Waals surface area (Å²) in [5.41, 5.74) is 0.0658. The molecule has 1 aromatic heterocycles. The second kappa shape index (κ2) is 7.44. The molecule has 1 aromatic rings. The molecule has 7 heteroatoms. The lowest BCUT2D eigenvalue weighted by atomic mass is 10.1. The number of nitrogens with one attached hydrogen (secondary N) is 2. The zero-order valence-electron chi connectivity index (χ0n) is 14.1. The van der Waals surface area contributed by atoms with E-state index in [1.807, 2.05) is 12.2 Å². The van der Waals surface area contributed by atoms with E-state index in [0.29, 0.717) is 12.1 Å². The lowest BCUT2D eigenvalue weighted by molar-refractivity contribution is 0.00690. The first kappa shape index (κ1) is 17.9. The van der Waals surface area contributed by atoms with Gasteiger partial charge in [-0.15, -0.1) is 0 Å². The fourth-order valence-electron chi connectivity index (χ4n) is 2.31. The largest absolute Gasteiger partial charge is 0.456 e. The van der Waals surface area contributed by atoms with Gasteiger partial charge in [0.15, 0.2) is 0 Å². The summed E-state index contributed by atoms with van der Waals surface area (Å²) in [5, 5.41) is 14.5. The number of ether oxygens (including phenoxy) is 1. The molecular formula is C17H23N3O4. The zero-order valence-corrected chi connectivity index (χ0v) is 14.1. The minimum atomic E-state index is -0.601. The van der Waals surface area contributed by atoms with Crippen LogP contribution >= 0.6 is 0 Å². The lowest BCUT2D eigenvalue weighted by Crippen LogP contribution is -2.36. The number of carbonyl (C=O) groups is 2. The summed E-state index contributed by atoms with van der Waals surface area (Å²) in [5.74, 6) is -0.420. The van der Waals surface area contributed by atoms with Crippen LogP contribution in [-0.2, 0) is 4.74 Å². The first-order valence-electron chi connectivity index (χ1n) is 7.82. The Morgan fingerprint density at radius 2 is 2.08 bits per heavy atom. The van der Waals surface area contributed by atoms with Gasteiger partial charge in [-0.1, -0.05) is 12.2 Å². The van der Waals surface area contributed by atoms with Crippen molar-refractivity contribution in [3.8, 4) is 0 Å². The molecule has 0 unspecified atom stereocenters. The molecule has 3 N–H and O–H groups in total. The summed E-state index contributed by atoms with van der Waals surface area (Å²) < 4.78 is 5.28. The molecule has 1 aliphatic rings. The zero-order chi connectivity index (χ0) is 17.7. The van der Waals surface area contributed by atoms with Crippen LogP contribution in [0, 0.1) is 5.92 Å². The topological polar surface area (TPSA) is 101 Å². The monoisotopic (exact) mass is 333 g/mol. The predicted molar refractivity (Wildman–Crippen MR) is 89.7 cm³/mol. The Balaban J connectivity index is 1.93. The van der Waals surface area contributed by atoms with Gasteiger partial charge < -0.3 is 20.5 Å². The summed E-state index contributed by atoms with van der Waals surface area (Å²) in [6.07, 6.45) is 7.25. The van der Waals surface area contributed by atoms with Crippen LogP contribution in [0.3, 0.4) is 0 Å². The standard InChI is InChI=1S/C17H23N3O4/c1-17(2,3)24-15(22)12-7-14(9-18-8-12)20-16(23)19-13-5-4-11(6-13)10-21/h4-5,7-9,11,13,21H,6,10H2,1-3H3,(H2,19,20,23)/t11-,13+/m0/s1. The van der Waals surface area contributed by atoms with E-state index in [1.54, 1.807) is 20.8 Å². The van der Waals surface area contributed by atoms with Crippen LogP contribution in [0.4, 0.5) is 10.5 Å². The Morgan fingerprint density at radius 1 is 1.33 bits per heavy atom. The number of rotatable bonds is 4. The number of carbonyl (C=O) groups excluding carboxylic acids is 2. The van der Waals surface area contributed by atoms with Crippen LogP contribution < -0.4 is 10.6 Å². The molecule has 0 saturated heterocycles. The van der Waals surface area contributed by atoms with Crippen molar-refractivity contribution in [2.45, 2.75) is 38.8 Å². The van der Waals surface area contributed by atoms with Gasteiger partial charge in [-0.05, 0) is 33.3 Å². The van der Waals surface area contributed by atoms with E-state index < -0.39 is 17.6 Å². The molecule has 2 atom stereocenters. The minimum absolute atomic E-state index is 0.0676. The molecule has 1 aliphatic carbocycles. The highest BCUT2D eigenvalue weighted by molar-refractivity contribution is 5.93. The molecule has 0 radical (unpaired) electrons. The number of nitrogens with zero attached hydrogens (tertiary/aromatic N) is 1. The minimum Gasteiger partial charge on any atom is -0.456 e. The van der Waals surface area contributed by atoms with E-state index in [4.69, 9.17) is 9.84 Å². The number of aliphatic hydroxyl groups excluding tert-OH is 1. The molecule has 2 amide bonds. The van der Waals surface area contributed by atoms with Gasteiger partial charge >= 0.3 is 12.0 Å². The molecule has 0 aliphatic heterocycles. The molecule has 1 heterocycles. The summed E-state index contributed by atoms with van der Waals surface area (Å²) in [4.78, 5) is 28.0. The molecule has 7 nitrogen and oxygen atoms in total. The number of aliphatic hydroxyl groups is 1. The van der Waals surface area contributed by atoms with E-state index in [9.17, 15) is 9.59 Å². The quantitative estimate of drug-likeness (QED) is 0.579. The SMILES string of the molecule is CC(C)(C)OC(=O)c1cncc(NC(=O)N[C@@H]2C=C[C@H](CO)C2)c1. The highest BCUT2D eigenvalue weighted by atomic mass is 16.6. The van der Waals surface area contributed by atoms with Crippen LogP contribution in [0.15, 0.2) is 30.6 Å². The second-order valence-corrected chi connectivity index (χ2v) is 6.73. The van der Waals surface area contributed by atoms with E-state index in [2.05, 4.69) is 15.6 Å². The van der Waals surface area contributed by atoms with Gasteiger partial charge in [0.1, 0.15) is 5.60 Å². The van der Waals surface area contributed by atoms with Gasteiger partial charge in [0.2, 0.25) is 0 Å². The second-order valence-electron chi connectivity index (χ2n) is 6.73. The normalized spacial score (nSPS) is 19.8. The van der Waals surface area contributed by atoms with E-state index >= 15 is 0 Å². The number of pyridine rings is 1. The van der Waals surface area contributed by atoms with Crippen molar-refractivity contribution in [1.29, 1.82) is 0 Å². The van der Waals surface area contributed by atoms with Gasteiger partial charge in [0, 0.05) is 24.8 Å². The van der Waals surface area contributed by atoms with Crippen LogP contribution in [0.1, 0.15) is 37.6 Å². The average molecular weight is 333 g/mol. The molecule has 130 valence electrons. The van der Waals surface area contributed by atoms with E-state index in [0.717, 1.165) is 0 Å². The van der Waals surface area contributed by atoms with Crippen LogP contribution in [0.5, 0.6) is 0 Å². The summed E-state index contributed by atoms with van der Waals surface area (Å²) in [6, 6.07) is 0.998. The Bertz CT molecular complexity index is 637. The molecule has 0 saturated carbocycles. The smallest absolute Gasteiger partial charge is 0.340 e. The maximum Gasteiger partial charge on any atom is 0.340 e. The Kier molecular flexibility index (Phi) is 5.56. The van der Waals surface area contributed by atoms with Crippen molar-refractivity contribution in [2.24, 2.45) is 5.92 Å². The summed E-state index contributed by atoms with van der Waals surface area (Å²) in [7, 11) is 0. The number of urea groups is 1.